The molecule has 0 amide bonds. The van der Waals surface area contributed by atoms with Crippen molar-refractivity contribution in [2.45, 2.75) is 37.9 Å². The van der Waals surface area contributed by atoms with Gasteiger partial charge in [0.25, 0.3) is 0 Å². The lowest BCUT2D eigenvalue weighted by molar-refractivity contribution is -0.191. The van der Waals surface area contributed by atoms with E-state index in [4.69, 9.17) is 20.4 Å². The van der Waals surface area contributed by atoms with E-state index in [2.05, 4.69) is 4.74 Å². The summed E-state index contributed by atoms with van der Waals surface area (Å²) in [6.45, 7) is 1.07. The fourth-order valence-corrected chi connectivity index (χ4v) is 2.67. The molecule has 15 nitrogen and oxygen atoms in total. The zero-order valence-corrected chi connectivity index (χ0v) is 15.9. The number of carbonyl (C=O) groups excluding carboxylic acids is 4. The fourth-order valence-electron chi connectivity index (χ4n) is 2.67. The molecular formula is C16H18O15. The molecule has 0 radical (unpaired) electrons. The molecule has 0 aliphatic heterocycles. The van der Waals surface area contributed by atoms with E-state index < -0.39 is 83.3 Å². The summed E-state index contributed by atoms with van der Waals surface area (Å²) in [5.74, 6) is -21.7. The van der Waals surface area contributed by atoms with Crippen molar-refractivity contribution in [1.29, 1.82) is 0 Å². The van der Waals surface area contributed by atoms with Crippen molar-refractivity contribution in [2.24, 2.45) is 11.8 Å². The van der Waals surface area contributed by atoms with Gasteiger partial charge in [0.2, 0.25) is 0 Å². The lowest BCUT2D eigenvalue weighted by atomic mass is 9.81. The topological polar surface area (TPSA) is 267 Å². The zero-order chi connectivity index (χ0) is 24.9. The minimum Gasteiger partial charge on any atom is -0.481 e. The molecule has 15 heteroatoms. The highest BCUT2D eigenvalue weighted by Gasteiger charge is 2.57. The van der Waals surface area contributed by atoms with E-state index in [9.17, 15) is 48.6 Å². The molecule has 172 valence electrons. The van der Waals surface area contributed by atoms with Gasteiger partial charge in [0.15, 0.2) is 23.0 Å². The van der Waals surface area contributed by atoms with Crippen molar-refractivity contribution in [1.82, 2.24) is 0 Å². The van der Waals surface area contributed by atoms with Gasteiger partial charge in [-0.05, 0) is 13.8 Å². The number of hydrogen-bond donors (Lipinski definition) is 6. The molecular weight excluding hydrogens is 432 g/mol. The van der Waals surface area contributed by atoms with Crippen molar-refractivity contribution in [3.63, 3.8) is 0 Å². The lowest BCUT2D eigenvalue weighted by Gasteiger charge is -2.30. The highest BCUT2D eigenvalue weighted by Crippen LogP contribution is 2.28. The number of aliphatic hydroxyl groups is 2. The van der Waals surface area contributed by atoms with Crippen molar-refractivity contribution in [3.8, 4) is 0 Å². The van der Waals surface area contributed by atoms with Gasteiger partial charge < -0.3 is 35.4 Å². The van der Waals surface area contributed by atoms with Crippen LogP contribution in [0.5, 0.6) is 0 Å². The molecule has 0 saturated carbocycles. The van der Waals surface area contributed by atoms with Crippen molar-refractivity contribution in [3.05, 3.63) is 0 Å². The Morgan fingerprint density at radius 3 is 1.06 bits per heavy atom. The SMILES string of the molecule is CC(=O)C(C(=O)OC(=O)C(C(C)=O)C(O)(CC(=O)O)C(=O)O)C(O)(CC(=O)O)C(=O)O. The molecule has 0 rings (SSSR count). The summed E-state index contributed by atoms with van der Waals surface area (Å²) < 4.78 is 4.10. The Bertz CT molecular complexity index is 774. The molecule has 0 aromatic carbocycles. The molecule has 6 N–H and O–H groups in total. The number of esters is 2. The standard InChI is InChI=1S/C16H18O15/c1-5(17)9(15(29,13(25)26)3-7(19)20)11(23)31-12(24)10(6(2)18)16(30,14(27)28)4-8(21)22/h9-10,29-30H,3-4H2,1-2H3,(H,19,20)(H,21,22)(H,25,26)(H,27,28). The maximum Gasteiger partial charge on any atom is 0.337 e. The van der Waals surface area contributed by atoms with Crippen LogP contribution in [0, 0.1) is 11.8 Å². The van der Waals surface area contributed by atoms with Gasteiger partial charge in [-0.15, -0.1) is 0 Å². The summed E-state index contributed by atoms with van der Waals surface area (Å²) >= 11 is 0. The van der Waals surface area contributed by atoms with Crippen LogP contribution in [0.4, 0.5) is 0 Å². The number of aliphatic carboxylic acids is 4. The molecule has 0 aromatic heterocycles. The number of ether oxygens (including phenoxy) is 1. The number of carboxylic acids is 4. The Labute approximate surface area is 171 Å². The van der Waals surface area contributed by atoms with E-state index in [0.29, 0.717) is 13.8 Å². The van der Waals surface area contributed by atoms with Crippen LogP contribution in [0.1, 0.15) is 26.7 Å². The average Bonchev–Trinajstić information content (AvgIpc) is 2.51. The van der Waals surface area contributed by atoms with Gasteiger partial charge in [0.05, 0.1) is 12.8 Å². The Kier molecular flexibility index (Phi) is 8.67. The molecule has 4 atom stereocenters. The third-order valence-electron chi connectivity index (χ3n) is 4.02. The fraction of sp³-hybridized carbons (Fsp3) is 0.500. The van der Waals surface area contributed by atoms with Crippen LogP contribution in [0.15, 0.2) is 0 Å². The largest absolute Gasteiger partial charge is 0.481 e. The third-order valence-corrected chi connectivity index (χ3v) is 4.02. The Balaban J connectivity index is 6.25. The second kappa shape index (κ2) is 9.86. The molecule has 31 heavy (non-hydrogen) atoms. The molecule has 0 heterocycles. The van der Waals surface area contributed by atoms with E-state index in [1.807, 2.05) is 0 Å². The predicted molar refractivity (Wildman–Crippen MR) is 89.1 cm³/mol. The van der Waals surface area contributed by atoms with Crippen LogP contribution in [0.25, 0.3) is 0 Å². The number of carboxylic acid groups (broad SMARTS) is 4. The van der Waals surface area contributed by atoms with Gasteiger partial charge in [0, 0.05) is 0 Å². The number of carbonyl (C=O) groups is 8. The highest BCUT2D eigenvalue weighted by molar-refractivity contribution is 6.11. The van der Waals surface area contributed by atoms with Crippen molar-refractivity contribution < 1.29 is 73.7 Å². The van der Waals surface area contributed by atoms with Gasteiger partial charge in [-0.25, -0.2) is 9.59 Å². The smallest absolute Gasteiger partial charge is 0.337 e. The average molecular weight is 450 g/mol. The van der Waals surface area contributed by atoms with Gasteiger partial charge in [-0.3, -0.25) is 28.8 Å². The first-order chi connectivity index (χ1) is 13.9. The van der Waals surface area contributed by atoms with Crippen LogP contribution >= 0.6 is 0 Å². The van der Waals surface area contributed by atoms with Crippen LogP contribution in [-0.2, 0) is 43.1 Å². The Morgan fingerprint density at radius 2 is 0.903 bits per heavy atom. The first-order valence-corrected chi connectivity index (χ1v) is 8.03. The van der Waals surface area contributed by atoms with Crippen molar-refractivity contribution in [2.75, 3.05) is 0 Å². The summed E-state index contributed by atoms with van der Waals surface area (Å²) in [7, 11) is 0. The minimum absolute atomic E-state index is 0.534. The molecule has 0 aromatic rings. The maximum atomic E-state index is 12.2. The molecule has 4 unspecified atom stereocenters. The summed E-state index contributed by atoms with van der Waals surface area (Å²) in [6, 6.07) is 0. The van der Waals surface area contributed by atoms with Gasteiger partial charge in [-0.2, -0.15) is 0 Å². The molecule has 0 saturated heterocycles. The first kappa shape index (κ1) is 27.3. The third kappa shape index (κ3) is 6.13. The number of ketones is 2. The van der Waals surface area contributed by atoms with Crippen molar-refractivity contribution >= 4 is 47.4 Å². The predicted octanol–water partition coefficient (Wildman–Crippen LogP) is -2.95. The molecule has 0 spiro atoms. The summed E-state index contributed by atoms with van der Waals surface area (Å²) in [6.07, 6.45) is -3.41. The first-order valence-electron chi connectivity index (χ1n) is 8.03. The molecule has 0 bridgehead atoms. The second-order valence-corrected chi connectivity index (χ2v) is 6.43. The van der Waals surface area contributed by atoms with Gasteiger partial charge in [-0.1, -0.05) is 0 Å². The Morgan fingerprint density at radius 1 is 0.645 bits per heavy atom. The summed E-state index contributed by atoms with van der Waals surface area (Å²) in [5.41, 5.74) is -7.21. The zero-order valence-electron chi connectivity index (χ0n) is 15.9. The number of hydrogen-bond acceptors (Lipinski definition) is 11. The van der Waals surface area contributed by atoms with Gasteiger partial charge >= 0.3 is 35.8 Å². The number of Topliss-reactive ketones (excluding diaryl/α,β-unsaturated/α-hetero) is 2. The van der Waals surface area contributed by atoms with Crippen LogP contribution < -0.4 is 0 Å². The van der Waals surface area contributed by atoms with Gasteiger partial charge in [0.1, 0.15) is 11.6 Å². The summed E-state index contributed by atoms with van der Waals surface area (Å²) in [4.78, 5) is 92.3. The Hall–Kier alpha value is -3.72. The van der Waals surface area contributed by atoms with E-state index >= 15 is 0 Å². The monoisotopic (exact) mass is 450 g/mol. The number of rotatable bonds is 12. The minimum atomic E-state index is -3.61. The van der Waals surface area contributed by atoms with Crippen LogP contribution in [0.3, 0.4) is 0 Å². The molecule has 0 fully saturated rings. The highest BCUT2D eigenvalue weighted by atomic mass is 16.6. The van der Waals surface area contributed by atoms with E-state index in [1.165, 1.54) is 0 Å². The maximum absolute atomic E-state index is 12.2. The molecule has 0 aliphatic rings. The normalized spacial score (nSPS) is 16.5. The van der Waals surface area contributed by atoms with Crippen LogP contribution in [0.2, 0.25) is 0 Å². The van der Waals surface area contributed by atoms with E-state index in [0.717, 1.165) is 0 Å². The quantitative estimate of drug-likeness (QED) is 0.128. The lowest BCUT2D eigenvalue weighted by Crippen LogP contribution is -2.56. The van der Waals surface area contributed by atoms with E-state index in [-0.39, 0.29) is 0 Å². The molecule has 0 aliphatic carbocycles. The van der Waals surface area contributed by atoms with Crippen LogP contribution in [-0.4, -0.2) is 89.2 Å². The summed E-state index contributed by atoms with van der Waals surface area (Å²) in [5, 5.41) is 55.9. The second-order valence-electron chi connectivity index (χ2n) is 6.43. The van der Waals surface area contributed by atoms with E-state index in [1.54, 1.807) is 0 Å².